The van der Waals surface area contributed by atoms with Crippen molar-refractivity contribution in [3.05, 3.63) is 18.1 Å². The van der Waals surface area contributed by atoms with E-state index in [0.717, 1.165) is 18.1 Å². The van der Waals surface area contributed by atoms with E-state index in [0.29, 0.717) is 11.8 Å². The van der Waals surface area contributed by atoms with Crippen LogP contribution in [0.2, 0.25) is 0 Å². The van der Waals surface area contributed by atoms with Gasteiger partial charge in [-0.1, -0.05) is 27.7 Å². The standard InChI is InChI=1S/C11H19N3/c1-8(2)6-12-11-5-10(9(3)4)13-7-14-11/h5,7-9H,6H2,1-4H3,(H,12,13,14). The molecule has 1 aromatic heterocycles. The Labute approximate surface area is 86.0 Å². The fourth-order valence-corrected chi connectivity index (χ4v) is 1.09. The number of hydrogen-bond donors (Lipinski definition) is 1. The molecule has 0 fully saturated rings. The van der Waals surface area contributed by atoms with Gasteiger partial charge in [-0.3, -0.25) is 0 Å². The van der Waals surface area contributed by atoms with Crippen LogP contribution in [-0.2, 0) is 0 Å². The van der Waals surface area contributed by atoms with Crippen LogP contribution in [0, 0.1) is 5.92 Å². The van der Waals surface area contributed by atoms with E-state index in [2.05, 4.69) is 43.0 Å². The van der Waals surface area contributed by atoms with Gasteiger partial charge in [0.25, 0.3) is 0 Å². The summed E-state index contributed by atoms with van der Waals surface area (Å²) >= 11 is 0. The Morgan fingerprint density at radius 2 is 1.93 bits per heavy atom. The van der Waals surface area contributed by atoms with Crippen molar-refractivity contribution < 1.29 is 0 Å². The predicted octanol–water partition coefficient (Wildman–Crippen LogP) is 2.67. The van der Waals surface area contributed by atoms with Crippen LogP contribution in [0.4, 0.5) is 5.82 Å². The van der Waals surface area contributed by atoms with Gasteiger partial charge in [0.1, 0.15) is 12.1 Å². The first-order chi connectivity index (χ1) is 6.59. The van der Waals surface area contributed by atoms with Gasteiger partial charge in [-0.05, 0) is 11.8 Å². The summed E-state index contributed by atoms with van der Waals surface area (Å²) in [5.41, 5.74) is 1.09. The van der Waals surface area contributed by atoms with Crippen molar-refractivity contribution in [3.63, 3.8) is 0 Å². The van der Waals surface area contributed by atoms with Crippen LogP contribution in [0.1, 0.15) is 39.3 Å². The van der Waals surface area contributed by atoms with Crippen molar-refractivity contribution in [3.8, 4) is 0 Å². The van der Waals surface area contributed by atoms with Crippen LogP contribution in [0.25, 0.3) is 0 Å². The lowest BCUT2D eigenvalue weighted by Gasteiger charge is -2.09. The van der Waals surface area contributed by atoms with Gasteiger partial charge in [0.05, 0.1) is 0 Å². The van der Waals surface area contributed by atoms with E-state index in [4.69, 9.17) is 0 Å². The van der Waals surface area contributed by atoms with Gasteiger partial charge in [-0.15, -0.1) is 0 Å². The van der Waals surface area contributed by atoms with Crippen LogP contribution >= 0.6 is 0 Å². The van der Waals surface area contributed by atoms with Crippen molar-refractivity contribution in [1.29, 1.82) is 0 Å². The molecule has 0 saturated carbocycles. The Morgan fingerprint density at radius 3 is 2.50 bits per heavy atom. The first kappa shape index (κ1) is 11.0. The Bertz CT molecular complexity index is 282. The summed E-state index contributed by atoms with van der Waals surface area (Å²) in [7, 11) is 0. The molecule has 0 saturated heterocycles. The molecule has 1 N–H and O–H groups in total. The third-order valence-corrected chi connectivity index (χ3v) is 1.97. The van der Waals surface area contributed by atoms with E-state index in [1.165, 1.54) is 0 Å². The average Bonchev–Trinajstić information content (AvgIpc) is 2.15. The van der Waals surface area contributed by atoms with E-state index in [-0.39, 0.29) is 0 Å². The summed E-state index contributed by atoms with van der Waals surface area (Å²) < 4.78 is 0. The summed E-state index contributed by atoms with van der Waals surface area (Å²) in [6.07, 6.45) is 1.62. The molecule has 0 aliphatic rings. The van der Waals surface area contributed by atoms with Crippen molar-refractivity contribution in [2.45, 2.75) is 33.6 Å². The maximum Gasteiger partial charge on any atom is 0.129 e. The number of rotatable bonds is 4. The second-order valence-electron chi connectivity index (χ2n) is 4.26. The summed E-state index contributed by atoms with van der Waals surface area (Å²) in [6.45, 7) is 9.58. The van der Waals surface area contributed by atoms with Gasteiger partial charge >= 0.3 is 0 Å². The molecular weight excluding hydrogens is 174 g/mol. The summed E-state index contributed by atoms with van der Waals surface area (Å²) in [5.74, 6) is 2.02. The first-order valence-electron chi connectivity index (χ1n) is 5.15. The fraction of sp³-hybridized carbons (Fsp3) is 0.636. The van der Waals surface area contributed by atoms with Gasteiger partial charge in [0.15, 0.2) is 0 Å². The zero-order valence-electron chi connectivity index (χ0n) is 9.41. The van der Waals surface area contributed by atoms with Crippen LogP contribution in [0.15, 0.2) is 12.4 Å². The van der Waals surface area contributed by atoms with Crippen LogP contribution in [0.3, 0.4) is 0 Å². The fourth-order valence-electron chi connectivity index (χ4n) is 1.09. The Hall–Kier alpha value is -1.12. The Balaban J connectivity index is 2.64. The summed E-state index contributed by atoms with van der Waals surface area (Å²) in [5, 5.41) is 3.29. The molecule has 0 aliphatic heterocycles. The van der Waals surface area contributed by atoms with Gasteiger partial charge in [0.2, 0.25) is 0 Å². The highest BCUT2D eigenvalue weighted by Crippen LogP contribution is 2.13. The monoisotopic (exact) mass is 193 g/mol. The first-order valence-corrected chi connectivity index (χ1v) is 5.15. The van der Waals surface area contributed by atoms with E-state index >= 15 is 0 Å². The minimum atomic E-state index is 0.456. The van der Waals surface area contributed by atoms with Gasteiger partial charge < -0.3 is 5.32 Å². The normalized spacial score (nSPS) is 11.0. The van der Waals surface area contributed by atoms with Crippen LogP contribution < -0.4 is 5.32 Å². The SMILES string of the molecule is CC(C)CNc1cc(C(C)C)ncn1. The topological polar surface area (TPSA) is 37.8 Å². The molecule has 0 aliphatic carbocycles. The highest BCUT2D eigenvalue weighted by molar-refractivity contribution is 5.35. The third kappa shape index (κ3) is 3.32. The van der Waals surface area contributed by atoms with Crippen LogP contribution in [0.5, 0.6) is 0 Å². The molecule has 0 unspecified atom stereocenters. The van der Waals surface area contributed by atoms with Gasteiger partial charge in [-0.2, -0.15) is 0 Å². The molecular formula is C11H19N3. The van der Waals surface area contributed by atoms with Crippen molar-refractivity contribution in [1.82, 2.24) is 9.97 Å². The second-order valence-corrected chi connectivity index (χ2v) is 4.26. The maximum absolute atomic E-state index is 4.21. The molecule has 3 nitrogen and oxygen atoms in total. The highest BCUT2D eigenvalue weighted by Gasteiger charge is 2.02. The number of nitrogens with one attached hydrogen (secondary N) is 1. The van der Waals surface area contributed by atoms with Crippen molar-refractivity contribution >= 4 is 5.82 Å². The highest BCUT2D eigenvalue weighted by atomic mass is 15.0. The van der Waals surface area contributed by atoms with E-state index < -0.39 is 0 Å². The number of aromatic nitrogens is 2. The molecule has 78 valence electrons. The smallest absolute Gasteiger partial charge is 0.129 e. The Morgan fingerprint density at radius 1 is 1.21 bits per heavy atom. The Kier molecular flexibility index (Phi) is 3.86. The molecule has 0 radical (unpaired) electrons. The van der Waals surface area contributed by atoms with Crippen molar-refractivity contribution in [2.24, 2.45) is 5.92 Å². The van der Waals surface area contributed by atoms with Crippen molar-refractivity contribution in [2.75, 3.05) is 11.9 Å². The molecule has 0 bridgehead atoms. The lowest BCUT2D eigenvalue weighted by molar-refractivity contribution is 0.686. The maximum atomic E-state index is 4.21. The minimum absolute atomic E-state index is 0.456. The van der Waals surface area contributed by atoms with E-state index in [1.807, 2.05) is 6.07 Å². The molecule has 0 atom stereocenters. The van der Waals surface area contributed by atoms with Crippen LogP contribution in [-0.4, -0.2) is 16.5 Å². The predicted molar refractivity (Wildman–Crippen MR) is 59.4 cm³/mol. The van der Waals surface area contributed by atoms with Gasteiger partial charge in [0, 0.05) is 18.3 Å². The lowest BCUT2D eigenvalue weighted by atomic mass is 10.1. The summed E-state index contributed by atoms with van der Waals surface area (Å²) in [4.78, 5) is 8.39. The van der Waals surface area contributed by atoms with Gasteiger partial charge in [-0.25, -0.2) is 9.97 Å². The number of hydrogen-bond acceptors (Lipinski definition) is 3. The molecule has 1 aromatic rings. The average molecular weight is 193 g/mol. The molecule has 1 heterocycles. The lowest BCUT2D eigenvalue weighted by Crippen LogP contribution is -2.09. The molecule has 0 aromatic carbocycles. The molecule has 14 heavy (non-hydrogen) atoms. The quantitative estimate of drug-likeness (QED) is 0.798. The largest absolute Gasteiger partial charge is 0.370 e. The molecule has 3 heteroatoms. The number of nitrogens with zero attached hydrogens (tertiary/aromatic N) is 2. The second kappa shape index (κ2) is 4.94. The third-order valence-electron chi connectivity index (χ3n) is 1.97. The molecule has 1 rings (SSSR count). The minimum Gasteiger partial charge on any atom is -0.370 e. The molecule has 0 amide bonds. The zero-order chi connectivity index (χ0) is 10.6. The number of anilines is 1. The summed E-state index contributed by atoms with van der Waals surface area (Å²) in [6, 6.07) is 2.02. The zero-order valence-corrected chi connectivity index (χ0v) is 9.41. The van der Waals surface area contributed by atoms with E-state index in [1.54, 1.807) is 6.33 Å². The molecule has 0 spiro atoms. The van der Waals surface area contributed by atoms with E-state index in [9.17, 15) is 0 Å².